The van der Waals surface area contributed by atoms with Crippen LogP contribution < -0.4 is 4.90 Å². The lowest BCUT2D eigenvalue weighted by molar-refractivity contribution is 0.0498. The van der Waals surface area contributed by atoms with Crippen molar-refractivity contribution >= 4 is 11.6 Å². The summed E-state index contributed by atoms with van der Waals surface area (Å²) in [4.78, 5) is 20.2. The van der Waals surface area contributed by atoms with Gasteiger partial charge in [-0.25, -0.2) is 0 Å². The lowest BCUT2D eigenvalue weighted by atomic mass is 10.0. The van der Waals surface area contributed by atoms with Crippen LogP contribution in [-0.2, 0) is 4.74 Å². The molecule has 142 valence electrons. The quantitative estimate of drug-likeness (QED) is 0.838. The molecular weight excluding hydrogens is 338 g/mol. The molecule has 2 heterocycles. The minimum atomic E-state index is 0.0789. The first-order valence-corrected chi connectivity index (χ1v) is 9.70. The van der Waals surface area contributed by atoms with Gasteiger partial charge in [0.25, 0.3) is 5.91 Å². The van der Waals surface area contributed by atoms with Crippen molar-refractivity contribution in [1.82, 2.24) is 9.80 Å². The molecule has 5 nitrogen and oxygen atoms in total. The lowest BCUT2D eigenvalue weighted by Crippen LogP contribution is -2.49. The number of likely N-dealkylation sites (N-methyl/N-ethyl adjacent to an activating group) is 1. The number of nitrogens with zero attached hydrogens (tertiary/aromatic N) is 3. The summed E-state index contributed by atoms with van der Waals surface area (Å²) in [7, 11) is 2.12. The Bertz CT molecular complexity index is 774. The molecule has 0 spiro atoms. The molecule has 0 radical (unpaired) electrons. The van der Waals surface area contributed by atoms with Crippen LogP contribution >= 0.6 is 0 Å². The maximum atomic E-state index is 13.6. The number of ether oxygens (including phenoxy) is 1. The van der Waals surface area contributed by atoms with Gasteiger partial charge in [-0.15, -0.1) is 0 Å². The van der Waals surface area contributed by atoms with Crippen LogP contribution in [0.25, 0.3) is 0 Å². The lowest BCUT2D eigenvalue weighted by Gasteiger charge is -2.41. The average molecular weight is 365 g/mol. The molecule has 1 atom stereocenters. The van der Waals surface area contributed by atoms with Crippen molar-refractivity contribution in [3.63, 3.8) is 0 Å². The number of carbonyl (C=O) groups excluding carboxylic acids is 1. The van der Waals surface area contributed by atoms with E-state index in [-0.39, 0.29) is 11.9 Å². The third-order valence-corrected chi connectivity index (χ3v) is 5.51. The third-order valence-electron chi connectivity index (χ3n) is 5.51. The fourth-order valence-electron chi connectivity index (χ4n) is 4.01. The molecule has 1 amide bonds. The van der Waals surface area contributed by atoms with E-state index in [1.807, 2.05) is 36.4 Å². The smallest absolute Gasteiger partial charge is 0.256 e. The molecule has 0 bridgehead atoms. The summed E-state index contributed by atoms with van der Waals surface area (Å²) >= 11 is 0. The largest absolute Gasteiger partial charge is 0.378 e. The number of amides is 1. The van der Waals surface area contributed by atoms with Gasteiger partial charge in [-0.2, -0.15) is 0 Å². The Morgan fingerprint density at radius 2 is 1.63 bits per heavy atom. The second-order valence-electron chi connectivity index (χ2n) is 7.30. The van der Waals surface area contributed by atoms with Crippen molar-refractivity contribution in [1.29, 1.82) is 0 Å². The Hall–Kier alpha value is -2.37. The van der Waals surface area contributed by atoms with Crippen molar-refractivity contribution in [3.05, 3.63) is 65.7 Å². The van der Waals surface area contributed by atoms with Gasteiger partial charge in [0, 0.05) is 38.4 Å². The second kappa shape index (κ2) is 8.11. The predicted molar refractivity (Wildman–Crippen MR) is 107 cm³/mol. The number of para-hydroxylation sites is 1. The Labute approximate surface area is 161 Å². The molecule has 2 aliphatic heterocycles. The van der Waals surface area contributed by atoms with Crippen LogP contribution in [0, 0.1) is 0 Å². The Kier molecular flexibility index (Phi) is 5.41. The highest BCUT2D eigenvalue weighted by molar-refractivity contribution is 6.00. The highest BCUT2D eigenvalue weighted by Crippen LogP contribution is 2.30. The number of anilines is 1. The van der Waals surface area contributed by atoms with E-state index >= 15 is 0 Å². The highest BCUT2D eigenvalue weighted by Gasteiger charge is 2.32. The van der Waals surface area contributed by atoms with E-state index < -0.39 is 0 Å². The van der Waals surface area contributed by atoms with Crippen LogP contribution in [-0.4, -0.2) is 68.7 Å². The number of hydrogen-bond acceptors (Lipinski definition) is 4. The molecule has 2 saturated heterocycles. The summed E-state index contributed by atoms with van der Waals surface area (Å²) in [6.45, 7) is 5.58. The summed E-state index contributed by atoms with van der Waals surface area (Å²) in [5.41, 5.74) is 3.02. The van der Waals surface area contributed by atoms with E-state index in [0.29, 0.717) is 13.2 Å². The number of hydrogen-bond donors (Lipinski definition) is 0. The molecular formula is C22H27N3O2. The normalized spacial score (nSPS) is 21.3. The van der Waals surface area contributed by atoms with Gasteiger partial charge in [0.2, 0.25) is 0 Å². The summed E-state index contributed by atoms with van der Waals surface area (Å²) in [5.74, 6) is 0.124. The minimum absolute atomic E-state index is 0.0789. The monoisotopic (exact) mass is 365 g/mol. The molecule has 27 heavy (non-hydrogen) atoms. The highest BCUT2D eigenvalue weighted by atomic mass is 16.5. The minimum Gasteiger partial charge on any atom is -0.378 e. The zero-order valence-corrected chi connectivity index (χ0v) is 15.9. The van der Waals surface area contributed by atoms with Gasteiger partial charge in [-0.1, -0.05) is 42.5 Å². The van der Waals surface area contributed by atoms with Crippen molar-refractivity contribution in [3.8, 4) is 0 Å². The van der Waals surface area contributed by atoms with Gasteiger partial charge >= 0.3 is 0 Å². The predicted octanol–water partition coefficient (Wildman–Crippen LogP) is 2.65. The number of carbonyl (C=O) groups is 1. The molecule has 2 fully saturated rings. The maximum absolute atomic E-state index is 13.6. The average Bonchev–Trinajstić information content (AvgIpc) is 2.74. The number of morpholine rings is 1. The van der Waals surface area contributed by atoms with E-state index in [9.17, 15) is 4.79 Å². The van der Waals surface area contributed by atoms with Gasteiger partial charge in [0.15, 0.2) is 0 Å². The van der Waals surface area contributed by atoms with E-state index in [0.717, 1.165) is 44.0 Å². The fraction of sp³-hybridized carbons (Fsp3) is 0.409. The summed E-state index contributed by atoms with van der Waals surface area (Å²) in [6.07, 6.45) is 0. The van der Waals surface area contributed by atoms with Crippen molar-refractivity contribution in [2.45, 2.75) is 6.04 Å². The molecule has 0 N–H and O–H groups in total. The molecule has 2 aromatic rings. The zero-order valence-electron chi connectivity index (χ0n) is 15.9. The van der Waals surface area contributed by atoms with Gasteiger partial charge in [-0.3, -0.25) is 4.79 Å². The SMILES string of the molecule is CN1CCN(C(=O)c2ccccc2N2CCOCC2)C(c2ccccc2)C1. The zero-order chi connectivity index (χ0) is 18.6. The number of rotatable bonds is 3. The fourth-order valence-corrected chi connectivity index (χ4v) is 4.01. The van der Waals surface area contributed by atoms with Crippen LogP contribution in [0.3, 0.4) is 0 Å². The summed E-state index contributed by atoms with van der Waals surface area (Å²) in [5, 5.41) is 0. The molecule has 0 aromatic heterocycles. The molecule has 0 aliphatic carbocycles. The number of piperazine rings is 1. The first-order chi connectivity index (χ1) is 13.2. The van der Waals surface area contributed by atoms with E-state index in [2.05, 4.69) is 39.9 Å². The first kappa shape index (κ1) is 18.0. The molecule has 4 rings (SSSR count). The Morgan fingerprint density at radius 3 is 2.41 bits per heavy atom. The molecule has 2 aromatic carbocycles. The standard InChI is InChI=1S/C22H27N3O2/c1-23-11-12-25(21(17-23)18-7-3-2-4-8-18)22(26)19-9-5-6-10-20(19)24-13-15-27-16-14-24/h2-10,21H,11-17H2,1H3. The van der Waals surface area contributed by atoms with Gasteiger partial charge in [0.05, 0.1) is 24.8 Å². The Balaban J connectivity index is 1.65. The number of benzene rings is 2. The third kappa shape index (κ3) is 3.84. The van der Waals surface area contributed by atoms with Crippen LogP contribution in [0.4, 0.5) is 5.69 Å². The molecule has 0 saturated carbocycles. The van der Waals surface area contributed by atoms with Crippen LogP contribution in [0.5, 0.6) is 0 Å². The maximum Gasteiger partial charge on any atom is 0.256 e. The van der Waals surface area contributed by atoms with E-state index in [4.69, 9.17) is 4.74 Å². The molecule has 2 aliphatic rings. The van der Waals surface area contributed by atoms with Crippen molar-refractivity contribution in [2.24, 2.45) is 0 Å². The van der Waals surface area contributed by atoms with Gasteiger partial charge in [0.1, 0.15) is 0 Å². The van der Waals surface area contributed by atoms with E-state index in [1.165, 1.54) is 5.56 Å². The summed E-state index contributed by atoms with van der Waals surface area (Å²) < 4.78 is 5.48. The van der Waals surface area contributed by atoms with Gasteiger partial charge < -0.3 is 19.4 Å². The van der Waals surface area contributed by atoms with Crippen LogP contribution in [0.15, 0.2) is 54.6 Å². The van der Waals surface area contributed by atoms with Crippen molar-refractivity contribution < 1.29 is 9.53 Å². The summed E-state index contributed by atoms with van der Waals surface area (Å²) in [6, 6.07) is 18.5. The van der Waals surface area contributed by atoms with E-state index in [1.54, 1.807) is 0 Å². The first-order valence-electron chi connectivity index (χ1n) is 9.70. The van der Waals surface area contributed by atoms with Crippen LogP contribution in [0.1, 0.15) is 22.0 Å². The van der Waals surface area contributed by atoms with Gasteiger partial charge in [-0.05, 0) is 24.7 Å². The topological polar surface area (TPSA) is 36.0 Å². The molecule has 1 unspecified atom stereocenters. The second-order valence-corrected chi connectivity index (χ2v) is 7.30. The Morgan fingerprint density at radius 1 is 0.926 bits per heavy atom. The van der Waals surface area contributed by atoms with Crippen LogP contribution in [0.2, 0.25) is 0 Å². The molecule has 5 heteroatoms. The van der Waals surface area contributed by atoms with Crippen molar-refractivity contribution in [2.75, 3.05) is 57.9 Å².